The van der Waals surface area contributed by atoms with Gasteiger partial charge in [-0.3, -0.25) is 14.4 Å². The van der Waals surface area contributed by atoms with Gasteiger partial charge in [-0.05, 0) is 44.1 Å². The van der Waals surface area contributed by atoms with E-state index < -0.39 is 29.6 Å². The molecule has 3 amide bonds. The molecule has 8 nitrogen and oxygen atoms in total. The molecule has 1 spiro atoms. The molecule has 3 heterocycles. The maximum absolute atomic E-state index is 14.0. The van der Waals surface area contributed by atoms with Crippen molar-refractivity contribution in [1.29, 1.82) is 0 Å². The SMILES string of the molecule is CCN(CC)CCN1C(=O)[C@@H]2[C@@H](C(=O)Nc3cc(Cl)cc(Cl)c3)[C@@H]3C=C[C@@]2(O3)[C@H]1C(=O)NC1CCCCC1. The van der Waals surface area contributed by atoms with Crippen molar-refractivity contribution in [1.82, 2.24) is 15.1 Å². The van der Waals surface area contributed by atoms with Crippen LogP contribution in [0.3, 0.4) is 0 Å². The second-order valence-electron chi connectivity index (χ2n) is 10.8. The third kappa shape index (κ3) is 4.96. The zero-order valence-electron chi connectivity index (χ0n) is 21.9. The van der Waals surface area contributed by atoms with Gasteiger partial charge in [0.2, 0.25) is 17.7 Å². The molecule has 0 radical (unpaired) electrons. The number of amides is 3. The molecule has 5 rings (SSSR count). The van der Waals surface area contributed by atoms with Crippen LogP contribution in [-0.4, -0.2) is 77.5 Å². The molecule has 2 bridgehead atoms. The van der Waals surface area contributed by atoms with Crippen molar-refractivity contribution in [2.45, 2.75) is 69.7 Å². The number of hydrogen-bond donors (Lipinski definition) is 2. The van der Waals surface area contributed by atoms with Gasteiger partial charge in [0, 0.05) is 34.9 Å². The van der Waals surface area contributed by atoms with Crippen molar-refractivity contribution in [2.75, 3.05) is 31.5 Å². The highest BCUT2D eigenvalue weighted by atomic mass is 35.5. The van der Waals surface area contributed by atoms with Crippen LogP contribution in [0.2, 0.25) is 10.0 Å². The summed E-state index contributed by atoms with van der Waals surface area (Å²) in [5, 5.41) is 6.89. The van der Waals surface area contributed by atoms with Gasteiger partial charge in [0.15, 0.2) is 0 Å². The fraction of sp³-hybridized carbons (Fsp3) is 0.607. The predicted octanol–water partition coefficient (Wildman–Crippen LogP) is 3.87. The van der Waals surface area contributed by atoms with Gasteiger partial charge in [-0.15, -0.1) is 0 Å². The van der Waals surface area contributed by atoms with Gasteiger partial charge < -0.3 is 25.2 Å². The van der Waals surface area contributed by atoms with E-state index in [1.807, 2.05) is 12.2 Å². The Balaban J connectivity index is 1.43. The van der Waals surface area contributed by atoms with Crippen molar-refractivity contribution in [2.24, 2.45) is 11.8 Å². The fourth-order valence-electron chi connectivity index (χ4n) is 6.68. The molecule has 38 heavy (non-hydrogen) atoms. The number of anilines is 1. The van der Waals surface area contributed by atoms with Gasteiger partial charge in [-0.2, -0.15) is 0 Å². The molecule has 5 atom stereocenters. The average Bonchev–Trinajstić information content (AvgIpc) is 3.52. The van der Waals surface area contributed by atoms with Crippen molar-refractivity contribution in [3.05, 3.63) is 40.4 Å². The van der Waals surface area contributed by atoms with E-state index in [9.17, 15) is 14.4 Å². The first kappa shape index (κ1) is 27.4. The van der Waals surface area contributed by atoms with Gasteiger partial charge in [0.25, 0.3) is 0 Å². The summed E-state index contributed by atoms with van der Waals surface area (Å²) in [7, 11) is 0. The van der Waals surface area contributed by atoms with Crippen LogP contribution in [0.25, 0.3) is 0 Å². The summed E-state index contributed by atoms with van der Waals surface area (Å²) >= 11 is 12.2. The second-order valence-corrected chi connectivity index (χ2v) is 11.6. The minimum Gasteiger partial charge on any atom is -0.359 e. The van der Waals surface area contributed by atoms with Crippen LogP contribution in [0.4, 0.5) is 5.69 Å². The van der Waals surface area contributed by atoms with Crippen LogP contribution >= 0.6 is 23.2 Å². The van der Waals surface area contributed by atoms with Crippen LogP contribution in [0, 0.1) is 11.8 Å². The molecular weight excluding hydrogens is 527 g/mol. The summed E-state index contributed by atoms with van der Waals surface area (Å²) < 4.78 is 6.42. The standard InChI is InChI=1S/C28H36Cl2N4O4/c1-3-33(4-2)12-13-34-24(26(36)31-19-8-6-5-7-9-19)28-11-10-21(38-28)22(23(28)27(34)37)25(35)32-20-15-17(29)14-18(30)16-20/h10-11,14-16,19,21-24H,3-9,12-13H2,1-2H3,(H,31,36)(H,32,35)/t21-,22-,23-,24+,28-/m0/s1. The second kappa shape index (κ2) is 11.2. The topological polar surface area (TPSA) is 91.0 Å². The number of hydrogen-bond acceptors (Lipinski definition) is 5. The van der Waals surface area contributed by atoms with E-state index in [4.69, 9.17) is 27.9 Å². The summed E-state index contributed by atoms with van der Waals surface area (Å²) in [5.74, 6) is -2.31. The van der Waals surface area contributed by atoms with Gasteiger partial charge in [-0.25, -0.2) is 0 Å². The van der Waals surface area contributed by atoms with Crippen LogP contribution in [-0.2, 0) is 19.1 Å². The number of likely N-dealkylation sites (N-methyl/N-ethyl adjacent to an activating group) is 1. The first-order chi connectivity index (χ1) is 18.3. The smallest absolute Gasteiger partial charge is 0.246 e. The molecule has 1 aliphatic carbocycles. The number of likely N-dealkylation sites (tertiary alicyclic amines) is 1. The molecule has 2 saturated heterocycles. The van der Waals surface area contributed by atoms with E-state index in [1.165, 1.54) is 6.42 Å². The number of carbonyl (C=O) groups is 3. The van der Waals surface area contributed by atoms with E-state index in [-0.39, 0.29) is 23.8 Å². The average molecular weight is 564 g/mol. The summed E-state index contributed by atoms with van der Waals surface area (Å²) in [6.45, 7) is 6.87. The number of benzene rings is 1. The van der Waals surface area contributed by atoms with Gasteiger partial charge >= 0.3 is 0 Å². The highest BCUT2D eigenvalue weighted by molar-refractivity contribution is 6.35. The lowest BCUT2D eigenvalue weighted by Crippen LogP contribution is -2.57. The molecule has 1 aromatic carbocycles. The quantitative estimate of drug-likeness (QED) is 0.446. The third-order valence-electron chi connectivity index (χ3n) is 8.56. The van der Waals surface area contributed by atoms with E-state index in [2.05, 4.69) is 29.4 Å². The maximum Gasteiger partial charge on any atom is 0.246 e. The minimum atomic E-state index is -1.17. The number of nitrogens with one attached hydrogen (secondary N) is 2. The molecule has 0 unspecified atom stereocenters. The Bertz CT molecular complexity index is 1100. The van der Waals surface area contributed by atoms with E-state index in [0.717, 1.165) is 38.8 Å². The largest absolute Gasteiger partial charge is 0.359 e. The summed E-state index contributed by atoms with van der Waals surface area (Å²) in [6.07, 6.45) is 8.32. The Kier molecular flexibility index (Phi) is 8.06. The Hall–Kier alpha value is -2.13. The number of nitrogens with zero attached hydrogens (tertiary/aromatic N) is 2. The highest BCUT2D eigenvalue weighted by Gasteiger charge is 2.72. The predicted molar refractivity (Wildman–Crippen MR) is 147 cm³/mol. The minimum absolute atomic E-state index is 0.0979. The van der Waals surface area contributed by atoms with Gasteiger partial charge in [0.1, 0.15) is 11.6 Å². The van der Waals surface area contributed by atoms with E-state index in [0.29, 0.717) is 28.8 Å². The van der Waals surface area contributed by atoms with Crippen molar-refractivity contribution < 1.29 is 19.1 Å². The number of ether oxygens (including phenoxy) is 1. The first-order valence-corrected chi connectivity index (χ1v) is 14.5. The van der Waals surface area contributed by atoms with Crippen LogP contribution < -0.4 is 10.6 Å². The lowest BCUT2D eigenvalue weighted by molar-refractivity contribution is -0.141. The van der Waals surface area contributed by atoms with Crippen molar-refractivity contribution in [3.8, 4) is 0 Å². The van der Waals surface area contributed by atoms with Crippen LogP contribution in [0.15, 0.2) is 30.4 Å². The Morgan fingerprint density at radius 2 is 1.76 bits per heavy atom. The lowest BCUT2D eigenvalue weighted by Gasteiger charge is -2.34. The Labute approximate surface area is 234 Å². The fourth-order valence-corrected chi connectivity index (χ4v) is 7.20. The summed E-state index contributed by atoms with van der Waals surface area (Å²) in [4.78, 5) is 45.3. The molecule has 3 aliphatic heterocycles. The molecule has 1 saturated carbocycles. The van der Waals surface area contributed by atoms with Gasteiger partial charge in [-0.1, -0.05) is 68.5 Å². The zero-order valence-corrected chi connectivity index (χ0v) is 23.4. The normalized spacial score (nSPS) is 30.2. The number of carbonyl (C=O) groups excluding carboxylic acids is 3. The highest BCUT2D eigenvalue weighted by Crippen LogP contribution is 2.55. The molecule has 4 aliphatic rings. The molecule has 3 fully saturated rings. The van der Waals surface area contributed by atoms with Crippen LogP contribution in [0.5, 0.6) is 0 Å². The van der Waals surface area contributed by atoms with Crippen molar-refractivity contribution in [3.63, 3.8) is 0 Å². The zero-order chi connectivity index (χ0) is 27.0. The maximum atomic E-state index is 14.0. The molecular formula is C28H36Cl2N4O4. The first-order valence-electron chi connectivity index (χ1n) is 13.7. The monoisotopic (exact) mass is 562 g/mol. The third-order valence-corrected chi connectivity index (χ3v) is 8.99. The van der Waals surface area contributed by atoms with Crippen molar-refractivity contribution >= 4 is 46.6 Å². The molecule has 206 valence electrons. The molecule has 2 N–H and O–H groups in total. The Morgan fingerprint density at radius 1 is 1.08 bits per heavy atom. The number of halogens is 2. The number of rotatable bonds is 9. The molecule has 1 aromatic rings. The summed E-state index contributed by atoms with van der Waals surface area (Å²) in [5.41, 5.74) is -0.721. The van der Waals surface area contributed by atoms with E-state index in [1.54, 1.807) is 23.1 Å². The van der Waals surface area contributed by atoms with E-state index >= 15 is 0 Å². The van der Waals surface area contributed by atoms with Crippen LogP contribution in [0.1, 0.15) is 46.0 Å². The summed E-state index contributed by atoms with van der Waals surface area (Å²) in [6, 6.07) is 4.08. The molecule has 0 aromatic heterocycles. The van der Waals surface area contributed by atoms with Gasteiger partial charge in [0.05, 0.1) is 17.9 Å². The molecule has 10 heteroatoms. The lowest BCUT2D eigenvalue weighted by atomic mass is 9.74. The number of fused-ring (bicyclic) bond motifs is 1. The Morgan fingerprint density at radius 3 is 2.42 bits per heavy atom.